The Bertz CT molecular complexity index is 182. The molecular weight excluding hydrogens is 196 g/mol. The van der Waals surface area contributed by atoms with E-state index < -0.39 is 0 Å². The van der Waals surface area contributed by atoms with Gasteiger partial charge in [0.15, 0.2) is 0 Å². The van der Waals surface area contributed by atoms with E-state index in [0.717, 1.165) is 32.1 Å². The second-order valence-corrected chi connectivity index (χ2v) is 5.72. The Morgan fingerprint density at radius 2 is 1.56 bits per heavy atom. The molecule has 96 valence electrons. The third kappa shape index (κ3) is 8.94. The average molecular weight is 226 g/mol. The molecule has 0 aromatic heterocycles. The highest BCUT2D eigenvalue weighted by atomic mass is 16.1. The number of carbonyl (C=O) groups is 1. The van der Waals surface area contributed by atoms with Gasteiger partial charge in [0.2, 0.25) is 0 Å². The fourth-order valence-corrected chi connectivity index (χ4v) is 1.78. The molecule has 0 rings (SSSR count). The molecule has 1 nitrogen and oxygen atoms in total. The lowest BCUT2D eigenvalue weighted by Crippen LogP contribution is -2.09. The van der Waals surface area contributed by atoms with Crippen molar-refractivity contribution in [2.75, 3.05) is 0 Å². The second-order valence-electron chi connectivity index (χ2n) is 5.72. The van der Waals surface area contributed by atoms with Crippen LogP contribution in [0.15, 0.2) is 0 Å². The Morgan fingerprint density at radius 1 is 0.938 bits per heavy atom. The molecule has 0 heterocycles. The summed E-state index contributed by atoms with van der Waals surface area (Å²) in [4.78, 5) is 11.4. The van der Waals surface area contributed by atoms with Crippen molar-refractivity contribution in [3.8, 4) is 0 Å². The molecule has 0 aromatic rings. The van der Waals surface area contributed by atoms with E-state index in [1.54, 1.807) is 0 Å². The Labute approximate surface area is 102 Å². The quantitative estimate of drug-likeness (QED) is 0.472. The molecule has 16 heavy (non-hydrogen) atoms. The fourth-order valence-electron chi connectivity index (χ4n) is 1.78. The van der Waals surface area contributed by atoms with Gasteiger partial charge in [-0.25, -0.2) is 0 Å². The van der Waals surface area contributed by atoms with Crippen molar-refractivity contribution in [3.05, 3.63) is 0 Å². The highest BCUT2D eigenvalue weighted by molar-refractivity contribution is 5.78. The largest absolute Gasteiger partial charge is 0.300 e. The molecule has 0 fully saturated rings. The standard InChI is InChI=1S/C15H30O/c1-5-7-11-14(16)12-9-8-10-13-15(3,4)6-2/h5-13H2,1-4H3. The minimum absolute atomic E-state index is 0.469. The average Bonchev–Trinajstić information content (AvgIpc) is 2.25. The lowest BCUT2D eigenvalue weighted by atomic mass is 9.84. The van der Waals surface area contributed by atoms with E-state index in [1.165, 1.54) is 25.7 Å². The minimum atomic E-state index is 0.469. The maximum Gasteiger partial charge on any atom is 0.132 e. The summed E-state index contributed by atoms with van der Waals surface area (Å²) in [6.45, 7) is 9.06. The van der Waals surface area contributed by atoms with Crippen LogP contribution in [0.2, 0.25) is 0 Å². The van der Waals surface area contributed by atoms with E-state index in [1.807, 2.05) is 0 Å². The molecule has 0 radical (unpaired) electrons. The summed E-state index contributed by atoms with van der Waals surface area (Å²) in [5.41, 5.74) is 0.492. The SMILES string of the molecule is CCCCC(=O)CCCCCC(C)(C)CC. The third-order valence-electron chi connectivity index (χ3n) is 3.58. The summed E-state index contributed by atoms with van der Waals surface area (Å²) in [7, 11) is 0. The molecule has 0 amide bonds. The first-order valence-electron chi connectivity index (χ1n) is 7.03. The summed E-state index contributed by atoms with van der Waals surface area (Å²) in [6, 6.07) is 0. The molecule has 0 aliphatic rings. The number of ketones is 1. The minimum Gasteiger partial charge on any atom is -0.300 e. The maximum absolute atomic E-state index is 11.4. The third-order valence-corrected chi connectivity index (χ3v) is 3.58. The summed E-state index contributed by atoms with van der Waals surface area (Å²) >= 11 is 0. The Kier molecular flexibility index (Phi) is 8.60. The van der Waals surface area contributed by atoms with E-state index in [4.69, 9.17) is 0 Å². The van der Waals surface area contributed by atoms with Crippen molar-refractivity contribution in [2.45, 2.75) is 85.5 Å². The normalized spacial score (nSPS) is 11.8. The summed E-state index contributed by atoms with van der Waals surface area (Å²) in [6.07, 6.45) is 9.97. The molecule has 0 saturated heterocycles. The van der Waals surface area contributed by atoms with Crippen LogP contribution in [-0.4, -0.2) is 5.78 Å². The van der Waals surface area contributed by atoms with Gasteiger partial charge in [-0.1, -0.05) is 53.4 Å². The summed E-state index contributed by atoms with van der Waals surface area (Å²) < 4.78 is 0. The lowest BCUT2D eigenvalue weighted by Gasteiger charge is -2.22. The van der Waals surface area contributed by atoms with Gasteiger partial charge in [-0.3, -0.25) is 4.79 Å². The van der Waals surface area contributed by atoms with Crippen LogP contribution in [-0.2, 0) is 4.79 Å². The maximum atomic E-state index is 11.4. The molecule has 1 heteroatoms. The van der Waals surface area contributed by atoms with Gasteiger partial charge in [-0.15, -0.1) is 0 Å². The topological polar surface area (TPSA) is 17.1 Å². The van der Waals surface area contributed by atoms with Gasteiger partial charge in [0.1, 0.15) is 5.78 Å². The Balaban J connectivity index is 3.36. The van der Waals surface area contributed by atoms with Crippen molar-refractivity contribution in [2.24, 2.45) is 5.41 Å². The van der Waals surface area contributed by atoms with Crippen molar-refractivity contribution in [1.82, 2.24) is 0 Å². The number of hydrogen-bond donors (Lipinski definition) is 0. The summed E-state index contributed by atoms with van der Waals surface area (Å²) in [5.74, 6) is 0.469. The van der Waals surface area contributed by atoms with Crippen molar-refractivity contribution in [1.29, 1.82) is 0 Å². The Hall–Kier alpha value is -0.330. The molecule has 0 aromatic carbocycles. The van der Waals surface area contributed by atoms with Crippen molar-refractivity contribution >= 4 is 5.78 Å². The molecule has 0 unspecified atom stereocenters. The highest BCUT2D eigenvalue weighted by Crippen LogP contribution is 2.27. The van der Waals surface area contributed by atoms with Crippen LogP contribution in [0, 0.1) is 5.41 Å². The Morgan fingerprint density at radius 3 is 2.12 bits per heavy atom. The smallest absolute Gasteiger partial charge is 0.132 e. The molecule has 0 saturated carbocycles. The first-order valence-corrected chi connectivity index (χ1v) is 7.03. The first-order chi connectivity index (χ1) is 7.52. The van der Waals surface area contributed by atoms with Crippen LogP contribution in [0.4, 0.5) is 0 Å². The van der Waals surface area contributed by atoms with Gasteiger partial charge in [-0.05, 0) is 24.7 Å². The zero-order valence-corrected chi connectivity index (χ0v) is 11.8. The molecular formula is C15H30O. The van der Waals surface area contributed by atoms with Crippen LogP contribution in [0.25, 0.3) is 0 Å². The number of Topliss-reactive ketones (excluding diaryl/α,β-unsaturated/α-hetero) is 1. The molecule has 0 aliphatic carbocycles. The van der Waals surface area contributed by atoms with Gasteiger partial charge >= 0.3 is 0 Å². The molecule has 0 N–H and O–H groups in total. The number of hydrogen-bond acceptors (Lipinski definition) is 1. The van der Waals surface area contributed by atoms with E-state index in [2.05, 4.69) is 27.7 Å². The lowest BCUT2D eigenvalue weighted by molar-refractivity contribution is -0.119. The zero-order valence-electron chi connectivity index (χ0n) is 11.8. The van der Waals surface area contributed by atoms with E-state index in [0.29, 0.717) is 11.2 Å². The van der Waals surface area contributed by atoms with Crippen LogP contribution < -0.4 is 0 Å². The predicted molar refractivity (Wildman–Crippen MR) is 71.7 cm³/mol. The first kappa shape index (κ1) is 15.7. The van der Waals surface area contributed by atoms with Gasteiger partial charge in [-0.2, -0.15) is 0 Å². The van der Waals surface area contributed by atoms with Crippen LogP contribution >= 0.6 is 0 Å². The fraction of sp³-hybridized carbons (Fsp3) is 0.933. The molecule has 0 atom stereocenters. The van der Waals surface area contributed by atoms with Crippen molar-refractivity contribution in [3.63, 3.8) is 0 Å². The second kappa shape index (κ2) is 8.78. The highest BCUT2D eigenvalue weighted by Gasteiger charge is 2.13. The van der Waals surface area contributed by atoms with Crippen LogP contribution in [0.3, 0.4) is 0 Å². The molecule has 0 spiro atoms. The van der Waals surface area contributed by atoms with Gasteiger partial charge in [0.05, 0.1) is 0 Å². The number of rotatable bonds is 10. The van der Waals surface area contributed by atoms with E-state index >= 15 is 0 Å². The monoisotopic (exact) mass is 226 g/mol. The van der Waals surface area contributed by atoms with Crippen molar-refractivity contribution < 1.29 is 4.79 Å². The summed E-state index contributed by atoms with van der Waals surface area (Å²) in [5, 5.41) is 0. The van der Waals surface area contributed by atoms with Gasteiger partial charge in [0, 0.05) is 12.8 Å². The van der Waals surface area contributed by atoms with Crippen LogP contribution in [0.1, 0.15) is 85.5 Å². The van der Waals surface area contributed by atoms with Crippen LogP contribution in [0.5, 0.6) is 0 Å². The zero-order chi connectivity index (χ0) is 12.4. The van der Waals surface area contributed by atoms with Gasteiger partial charge < -0.3 is 0 Å². The molecule has 0 aliphatic heterocycles. The van der Waals surface area contributed by atoms with E-state index in [9.17, 15) is 4.79 Å². The van der Waals surface area contributed by atoms with Gasteiger partial charge in [0.25, 0.3) is 0 Å². The number of unbranched alkanes of at least 4 members (excludes halogenated alkanes) is 3. The predicted octanol–water partition coefficient (Wildman–Crippen LogP) is 5.13. The molecule has 0 bridgehead atoms. The number of carbonyl (C=O) groups excluding carboxylic acids is 1. The van der Waals surface area contributed by atoms with E-state index in [-0.39, 0.29) is 0 Å².